The number of nitrogens with zero attached hydrogens (tertiary/aromatic N) is 1. The van der Waals surface area contributed by atoms with E-state index in [0.717, 1.165) is 0 Å². The van der Waals surface area contributed by atoms with Crippen LogP contribution >= 0.6 is 0 Å². The molecule has 1 unspecified atom stereocenters. The molecular weight excluding hydrogens is 106 g/mol. The van der Waals surface area contributed by atoms with Crippen LogP contribution < -0.4 is 0 Å². The summed E-state index contributed by atoms with van der Waals surface area (Å²) in [5.74, 6) is 1.26. The molecule has 44 valence electrons. The topological polar surface area (TPSA) is 12.4 Å². The molecule has 1 nitrogen and oxygen atoms in total. The Kier molecular flexibility index (Phi) is 4.41. The van der Waals surface area contributed by atoms with E-state index < -0.39 is 0 Å². The predicted octanol–water partition coefficient (Wildman–Crippen LogP) is 1.46. The van der Waals surface area contributed by atoms with Crippen LogP contribution in [0.1, 0.15) is 13.3 Å². The highest BCUT2D eigenvalue weighted by Gasteiger charge is 1.79. The molecule has 0 heterocycles. The van der Waals surface area contributed by atoms with E-state index in [9.17, 15) is 0 Å². The van der Waals surface area contributed by atoms with Crippen LogP contribution in [0.15, 0.2) is 4.36 Å². The lowest BCUT2D eigenvalue weighted by Gasteiger charge is -1.92. The van der Waals surface area contributed by atoms with Crippen LogP contribution in [0.5, 0.6) is 0 Å². The normalized spacial score (nSPS) is 14.7. The molecule has 0 rings (SSSR count). The third-order valence-electron chi connectivity index (χ3n) is 0.811. The second kappa shape index (κ2) is 4.31. The molecule has 0 fully saturated rings. The van der Waals surface area contributed by atoms with Gasteiger partial charge in [0.05, 0.1) is 0 Å². The Balaban J connectivity index is 3.17. The van der Waals surface area contributed by atoms with Gasteiger partial charge in [-0.05, 0) is 12.7 Å². The molecule has 0 bridgehead atoms. The Bertz CT molecular complexity index is 68.5. The first-order chi connectivity index (χ1) is 3.31. The molecule has 0 amide bonds. The van der Waals surface area contributed by atoms with Gasteiger partial charge in [-0.2, -0.15) is 0 Å². The highest BCUT2D eigenvalue weighted by atomic mass is 32.2. The Morgan fingerprint density at radius 1 is 1.57 bits per heavy atom. The first-order valence-corrected chi connectivity index (χ1v) is 4.29. The second-order valence-electron chi connectivity index (χ2n) is 1.49. The standard InChI is InChI=1S/C5H13NS/c1-4-5-7(3)6-2/h4-5H2,1-3H3. The van der Waals surface area contributed by atoms with Crippen LogP contribution in [0.2, 0.25) is 0 Å². The fourth-order valence-electron chi connectivity index (χ4n) is 0.387. The van der Waals surface area contributed by atoms with Gasteiger partial charge in [-0.25, -0.2) is 0 Å². The fraction of sp³-hybridized carbons (Fsp3) is 1.00. The fourth-order valence-corrected chi connectivity index (χ4v) is 1.16. The van der Waals surface area contributed by atoms with Gasteiger partial charge in [-0.1, -0.05) is 6.92 Å². The van der Waals surface area contributed by atoms with Crippen molar-refractivity contribution in [2.45, 2.75) is 13.3 Å². The van der Waals surface area contributed by atoms with Crippen LogP contribution in [0.25, 0.3) is 0 Å². The average Bonchev–Trinajstić information content (AvgIpc) is 1.68. The van der Waals surface area contributed by atoms with Crippen LogP contribution in [0.4, 0.5) is 0 Å². The molecule has 1 atom stereocenters. The lowest BCUT2D eigenvalue weighted by Crippen LogP contribution is -1.89. The predicted molar refractivity (Wildman–Crippen MR) is 36.8 cm³/mol. The molecule has 0 spiro atoms. The first kappa shape index (κ1) is 7.15. The largest absolute Gasteiger partial charge is 0.268 e. The van der Waals surface area contributed by atoms with Crippen molar-refractivity contribution in [3.8, 4) is 0 Å². The summed E-state index contributed by atoms with van der Waals surface area (Å²) >= 11 is 0. The summed E-state index contributed by atoms with van der Waals surface area (Å²) in [4.78, 5) is 0. The van der Waals surface area contributed by atoms with Crippen LogP contribution in [-0.2, 0) is 10.7 Å². The minimum absolute atomic E-state index is 0.348. The highest BCUT2D eigenvalue weighted by Crippen LogP contribution is 1.83. The Morgan fingerprint density at radius 3 is 2.29 bits per heavy atom. The van der Waals surface area contributed by atoms with E-state index in [0.29, 0.717) is 10.7 Å². The lowest BCUT2D eigenvalue weighted by atomic mass is 10.6. The second-order valence-corrected chi connectivity index (χ2v) is 3.46. The van der Waals surface area contributed by atoms with E-state index in [1.807, 2.05) is 7.05 Å². The summed E-state index contributed by atoms with van der Waals surface area (Å²) in [7, 11) is 2.24. The van der Waals surface area contributed by atoms with E-state index in [1.54, 1.807) is 0 Å². The van der Waals surface area contributed by atoms with Gasteiger partial charge in [-0.3, -0.25) is 4.36 Å². The van der Waals surface area contributed by atoms with Crippen molar-refractivity contribution in [1.82, 2.24) is 0 Å². The third-order valence-corrected chi connectivity index (χ3v) is 2.43. The van der Waals surface area contributed by atoms with Gasteiger partial charge in [0, 0.05) is 12.8 Å². The van der Waals surface area contributed by atoms with Gasteiger partial charge in [0.25, 0.3) is 0 Å². The molecular formula is C5H13NS. The number of hydrogen-bond donors (Lipinski definition) is 0. The summed E-state index contributed by atoms with van der Waals surface area (Å²) in [5, 5.41) is 0. The molecule has 0 saturated heterocycles. The van der Waals surface area contributed by atoms with Gasteiger partial charge < -0.3 is 0 Å². The zero-order valence-electron chi connectivity index (χ0n) is 5.27. The molecule has 0 aliphatic rings. The summed E-state index contributed by atoms with van der Waals surface area (Å²) < 4.78 is 4.11. The summed E-state index contributed by atoms with van der Waals surface area (Å²) in [6.45, 7) is 2.19. The molecule has 7 heavy (non-hydrogen) atoms. The molecule has 0 radical (unpaired) electrons. The van der Waals surface area contributed by atoms with Gasteiger partial charge in [0.1, 0.15) is 0 Å². The first-order valence-electron chi connectivity index (χ1n) is 2.53. The monoisotopic (exact) mass is 119 g/mol. The van der Waals surface area contributed by atoms with E-state index in [2.05, 4.69) is 17.5 Å². The highest BCUT2D eigenvalue weighted by molar-refractivity contribution is 7.86. The molecule has 0 aliphatic heterocycles. The zero-order valence-corrected chi connectivity index (χ0v) is 6.09. The Hall–Kier alpha value is 0.150. The van der Waals surface area contributed by atoms with Crippen molar-refractivity contribution < 1.29 is 0 Å². The SMILES string of the molecule is CCC/S(C)=N/C. The Morgan fingerprint density at radius 2 is 2.14 bits per heavy atom. The number of rotatable bonds is 2. The van der Waals surface area contributed by atoms with Gasteiger partial charge in [0.2, 0.25) is 0 Å². The Labute approximate surface area is 48.2 Å². The molecule has 0 aromatic rings. The summed E-state index contributed by atoms with van der Waals surface area (Å²) in [6.07, 6.45) is 3.43. The zero-order chi connectivity index (χ0) is 5.70. The lowest BCUT2D eigenvalue weighted by molar-refractivity contribution is 1.10. The summed E-state index contributed by atoms with van der Waals surface area (Å²) in [5.41, 5.74) is 0. The molecule has 0 N–H and O–H groups in total. The minimum Gasteiger partial charge on any atom is -0.268 e. The summed E-state index contributed by atoms with van der Waals surface area (Å²) in [6, 6.07) is 0. The average molecular weight is 119 g/mol. The van der Waals surface area contributed by atoms with E-state index >= 15 is 0 Å². The molecule has 0 aromatic heterocycles. The van der Waals surface area contributed by atoms with Crippen molar-refractivity contribution in [3.05, 3.63) is 0 Å². The quantitative estimate of drug-likeness (QED) is 0.522. The van der Waals surface area contributed by atoms with E-state index in [4.69, 9.17) is 0 Å². The molecule has 0 saturated carbocycles. The molecule has 0 aromatic carbocycles. The van der Waals surface area contributed by atoms with Gasteiger partial charge >= 0.3 is 0 Å². The van der Waals surface area contributed by atoms with Crippen LogP contribution in [-0.4, -0.2) is 19.1 Å². The van der Waals surface area contributed by atoms with Crippen molar-refractivity contribution in [2.75, 3.05) is 19.1 Å². The van der Waals surface area contributed by atoms with Gasteiger partial charge in [-0.15, -0.1) is 10.7 Å². The van der Waals surface area contributed by atoms with Gasteiger partial charge in [0.15, 0.2) is 0 Å². The van der Waals surface area contributed by atoms with E-state index in [-0.39, 0.29) is 0 Å². The molecule has 0 aliphatic carbocycles. The van der Waals surface area contributed by atoms with E-state index in [1.165, 1.54) is 12.2 Å². The maximum absolute atomic E-state index is 4.11. The minimum atomic E-state index is 0.348. The number of hydrogen-bond acceptors (Lipinski definition) is 1. The van der Waals surface area contributed by atoms with Crippen molar-refractivity contribution in [2.24, 2.45) is 4.36 Å². The van der Waals surface area contributed by atoms with Crippen molar-refractivity contribution >= 4 is 10.7 Å². The van der Waals surface area contributed by atoms with Crippen molar-refractivity contribution in [1.29, 1.82) is 0 Å². The molecule has 2 heteroatoms. The maximum atomic E-state index is 4.11. The van der Waals surface area contributed by atoms with Crippen LogP contribution in [0.3, 0.4) is 0 Å². The van der Waals surface area contributed by atoms with Crippen LogP contribution in [0, 0.1) is 0 Å². The van der Waals surface area contributed by atoms with Crippen molar-refractivity contribution in [3.63, 3.8) is 0 Å². The smallest absolute Gasteiger partial charge is 0.0346 e. The third kappa shape index (κ3) is 3.99. The maximum Gasteiger partial charge on any atom is 0.0346 e.